The lowest BCUT2D eigenvalue weighted by Gasteiger charge is -2.35. The van der Waals surface area contributed by atoms with E-state index in [-0.39, 0.29) is 0 Å². The third kappa shape index (κ3) is 5.05. The molecule has 2 aliphatic heterocycles. The molecule has 7 nitrogen and oxygen atoms in total. The molecule has 2 fully saturated rings. The maximum Gasteiger partial charge on any atom is 0.160 e. The van der Waals surface area contributed by atoms with Crippen LogP contribution in [0, 0.1) is 6.92 Å². The van der Waals surface area contributed by atoms with Crippen LogP contribution in [0.2, 0.25) is 0 Å². The monoisotopic (exact) mass is 448 g/mol. The number of nitrogens with zero attached hydrogens (tertiary/aromatic N) is 5. The predicted octanol–water partition coefficient (Wildman–Crippen LogP) is 3.67. The van der Waals surface area contributed by atoms with Gasteiger partial charge in [0.25, 0.3) is 0 Å². The minimum atomic E-state index is 0.440. The van der Waals surface area contributed by atoms with E-state index in [1.165, 1.54) is 16.8 Å². The number of nitrogens with one attached hydrogen (secondary N) is 1. The number of hydrogen-bond acceptors (Lipinski definition) is 6. The molecule has 176 valence electrons. The Morgan fingerprint density at radius 1 is 1.00 bits per heavy atom. The van der Waals surface area contributed by atoms with Crippen LogP contribution in [0.15, 0.2) is 36.5 Å². The fourth-order valence-electron chi connectivity index (χ4n) is 5.05. The van der Waals surface area contributed by atoms with Crippen molar-refractivity contribution in [3.8, 4) is 0 Å². The van der Waals surface area contributed by atoms with Gasteiger partial charge in [0, 0.05) is 76.3 Å². The summed E-state index contributed by atoms with van der Waals surface area (Å²) in [5.74, 6) is 0. The Labute approximate surface area is 196 Å². The van der Waals surface area contributed by atoms with Gasteiger partial charge in [0.1, 0.15) is 0 Å². The van der Waals surface area contributed by atoms with Crippen LogP contribution in [-0.2, 0) is 24.4 Å². The molecule has 2 aliphatic rings. The molecule has 5 rings (SSSR count). The van der Waals surface area contributed by atoms with E-state index in [0.717, 1.165) is 88.6 Å². The maximum absolute atomic E-state index is 5.59. The first-order chi connectivity index (χ1) is 16.2. The van der Waals surface area contributed by atoms with Crippen molar-refractivity contribution in [1.82, 2.24) is 24.6 Å². The lowest BCUT2D eigenvalue weighted by molar-refractivity contribution is 0.0904. The SMILES string of the molecule is CCn1ncc2c(NC3CCOCC3)c(CN3CCN(Cc4ccccc4)CC3)c(C)nc21. The molecule has 0 amide bonds. The smallest absolute Gasteiger partial charge is 0.160 e. The second kappa shape index (κ2) is 10.2. The number of pyridine rings is 1. The first-order valence-corrected chi connectivity index (χ1v) is 12.4. The van der Waals surface area contributed by atoms with E-state index >= 15 is 0 Å². The van der Waals surface area contributed by atoms with Gasteiger partial charge in [0.05, 0.1) is 17.3 Å². The van der Waals surface area contributed by atoms with Crippen molar-refractivity contribution in [2.75, 3.05) is 44.7 Å². The van der Waals surface area contributed by atoms with Crippen LogP contribution in [0.5, 0.6) is 0 Å². The van der Waals surface area contributed by atoms with Gasteiger partial charge >= 0.3 is 0 Å². The molecule has 4 heterocycles. The summed E-state index contributed by atoms with van der Waals surface area (Å²) in [6.45, 7) is 13.1. The van der Waals surface area contributed by atoms with Crippen molar-refractivity contribution in [1.29, 1.82) is 0 Å². The largest absolute Gasteiger partial charge is 0.381 e. The van der Waals surface area contributed by atoms with Crippen molar-refractivity contribution >= 4 is 16.7 Å². The van der Waals surface area contributed by atoms with Crippen molar-refractivity contribution in [3.05, 3.63) is 53.3 Å². The van der Waals surface area contributed by atoms with Crippen molar-refractivity contribution in [3.63, 3.8) is 0 Å². The predicted molar refractivity (Wildman–Crippen MR) is 132 cm³/mol. The van der Waals surface area contributed by atoms with Crippen LogP contribution in [0.1, 0.15) is 36.6 Å². The van der Waals surface area contributed by atoms with E-state index < -0.39 is 0 Å². The van der Waals surface area contributed by atoms with Crippen LogP contribution in [0.3, 0.4) is 0 Å². The number of benzene rings is 1. The Morgan fingerprint density at radius 3 is 2.39 bits per heavy atom. The topological polar surface area (TPSA) is 58.5 Å². The van der Waals surface area contributed by atoms with Crippen LogP contribution >= 0.6 is 0 Å². The summed E-state index contributed by atoms with van der Waals surface area (Å²) in [6, 6.07) is 11.2. The number of anilines is 1. The van der Waals surface area contributed by atoms with Gasteiger partial charge in [0.2, 0.25) is 0 Å². The van der Waals surface area contributed by atoms with E-state index in [1.807, 2.05) is 10.9 Å². The molecule has 0 bridgehead atoms. The standard InChI is InChI=1S/C26H36N6O/c1-3-32-26-23(17-27-32)25(29-22-9-15-33-16-10-22)24(20(2)28-26)19-31-13-11-30(12-14-31)18-21-7-5-4-6-8-21/h4-8,17,22H,3,9-16,18-19H2,1-2H3,(H,28,29). The number of aromatic nitrogens is 3. The highest BCUT2D eigenvalue weighted by atomic mass is 16.5. The molecule has 1 aromatic carbocycles. The number of rotatable bonds is 7. The summed E-state index contributed by atoms with van der Waals surface area (Å²) in [7, 11) is 0. The Morgan fingerprint density at radius 2 is 1.70 bits per heavy atom. The summed E-state index contributed by atoms with van der Waals surface area (Å²) in [6.07, 6.45) is 4.08. The summed E-state index contributed by atoms with van der Waals surface area (Å²) < 4.78 is 7.60. The number of piperazine rings is 1. The molecule has 0 radical (unpaired) electrons. The lowest BCUT2D eigenvalue weighted by Crippen LogP contribution is -2.45. The maximum atomic E-state index is 5.59. The van der Waals surface area contributed by atoms with Crippen molar-refractivity contribution in [2.24, 2.45) is 0 Å². The quantitative estimate of drug-likeness (QED) is 0.595. The molecule has 1 N–H and O–H groups in total. The average Bonchev–Trinajstić information content (AvgIpc) is 3.26. The van der Waals surface area contributed by atoms with E-state index in [9.17, 15) is 0 Å². The Bertz CT molecular complexity index is 1050. The molecular formula is C26H36N6O. The van der Waals surface area contributed by atoms with Crippen LogP contribution < -0.4 is 5.32 Å². The van der Waals surface area contributed by atoms with Gasteiger partial charge in [-0.2, -0.15) is 5.10 Å². The summed E-state index contributed by atoms with van der Waals surface area (Å²) in [5.41, 5.74) is 6.05. The van der Waals surface area contributed by atoms with Crippen molar-refractivity contribution < 1.29 is 4.74 Å². The Kier molecular flexibility index (Phi) is 6.90. The minimum Gasteiger partial charge on any atom is -0.381 e. The highest BCUT2D eigenvalue weighted by molar-refractivity contribution is 5.91. The van der Waals surface area contributed by atoms with E-state index in [0.29, 0.717) is 6.04 Å². The lowest BCUT2D eigenvalue weighted by atomic mass is 10.0. The number of fused-ring (bicyclic) bond motifs is 1. The fourth-order valence-corrected chi connectivity index (χ4v) is 5.05. The molecule has 2 aromatic heterocycles. The molecule has 33 heavy (non-hydrogen) atoms. The molecule has 0 saturated carbocycles. The molecule has 0 atom stereocenters. The highest BCUT2D eigenvalue weighted by Crippen LogP contribution is 2.31. The third-order valence-corrected chi connectivity index (χ3v) is 7.06. The summed E-state index contributed by atoms with van der Waals surface area (Å²) >= 11 is 0. The average molecular weight is 449 g/mol. The van der Waals surface area contributed by atoms with Gasteiger partial charge in [-0.15, -0.1) is 0 Å². The molecular weight excluding hydrogens is 412 g/mol. The summed E-state index contributed by atoms with van der Waals surface area (Å²) in [4.78, 5) is 10.1. The molecule has 2 saturated heterocycles. The molecule has 3 aromatic rings. The van der Waals surface area contributed by atoms with Gasteiger partial charge in [-0.3, -0.25) is 9.80 Å². The third-order valence-electron chi connectivity index (χ3n) is 7.06. The summed E-state index contributed by atoms with van der Waals surface area (Å²) in [5, 5.41) is 9.65. The molecule has 0 aliphatic carbocycles. The molecule has 0 unspecified atom stereocenters. The van der Waals surface area contributed by atoms with E-state index in [1.54, 1.807) is 0 Å². The number of hydrogen-bond donors (Lipinski definition) is 1. The molecule has 0 spiro atoms. The van der Waals surface area contributed by atoms with Gasteiger partial charge < -0.3 is 10.1 Å². The van der Waals surface area contributed by atoms with Crippen LogP contribution in [0.25, 0.3) is 11.0 Å². The Hall–Kier alpha value is -2.48. The van der Waals surface area contributed by atoms with Gasteiger partial charge in [0.15, 0.2) is 5.65 Å². The second-order valence-corrected chi connectivity index (χ2v) is 9.32. The highest BCUT2D eigenvalue weighted by Gasteiger charge is 2.24. The molecule has 7 heteroatoms. The van der Waals surface area contributed by atoms with Gasteiger partial charge in [-0.25, -0.2) is 9.67 Å². The first kappa shape index (κ1) is 22.3. The normalized spacial score (nSPS) is 18.7. The zero-order chi connectivity index (χ0) is 22.6. The minimum absolute atomic E-state index is 0.440. The van der Waals surface area contributed by atoms with E-state index in [4.69, 9.17) is 9.72 Å². The zero-order valence-corrected chi connectivity index (χ0v) is 20.0. The number of ether oxygens (including phenoxy) is 1. The van der Waals surface area contributed by atoms with E-state index in [2.05, 4.69) is 64.4 Å². The van der Waals surface area contributed by atoms with Crippen LogP contribution in [0.4, 0.5) is 5.69 Å². The fraction of sp³-hybridized carbons (Fsp3) is 0.538. The zero-order valence-electron chi connectivity index (χ0n) is 20.0. The Balaban J connectivity index is 1.34. The van der Waals surface area contributed by atoms with Gasteiger partial charge in [-0.05, 0) is 32.3 Å². The van der Waals surface area contributed by atoms with Gasteiger partial charge in [-0.1, -0.05) is 30.3 Å². The van der Waals surface area contributed by atoms with Crippen LogP contribution in [-0.4, -0.2) is 70.0 Å². The first-order valence-electron chi connectivity index (χ1n) is 12.4. The van der Waals surface area contributed by atoms with Crippen molar-refractivity contribution in [2.45, 2.75) is 52.4 Å². The second-order valence-electron chi connectivity index (χ2n) is 9.32. The number of aryl methyl sites for hydroxylation is 2.